The standard InChI is InChI=1S/C27H34N4O6/c1-6-37-22-9-17-13-31(25(28)18(17)10-19(22)26(36)29-5)14-21(32)15-7-16(11-30-12-23(33)34)24(35)20(8-15)27(2,3)4/h7-10,28,30,35H,6,11-14H2,1-5H3,(H,29,36)(H,33,34). The van der Waals surface area contributed by atoms with Gasteiger partial charge in [0.15, 0.2) is 5.78 Å². The highest BCUT2D eigenvalue weighted by Gasteiger charge is 2.30. The van der Waals surface area contributed by atoms with E-state index in [9.17, 15) is 19.5 Å². The summed E-state index contributed by atoms with van der Waals surface area (Å²) in [6.45, 7) is 7.97. The van der Waals surface area contributed by atoms with Crippen LogP contribution in [0.5, 0.6) is 11.5 Å². The van der Waals surface area contributed by atoms with Crippen LogP contribution in [0.4, 0.5) is 0 Å². The van der Waals surface area contributed by atoms with Gasteiger partial charge in [-0.3, -0.25) is 19.8 Å². The summed E-state index contributed by atoms with van der Waals surface area (Å²) in [6, 6.07) is 6.58. The van der Waals surface area contributed by atoms with E-state index in [4.69, 9.17) is 15.3 Å². The van der Waals surface area contributed by atoms with Crippen molar-refractivity contribution in [2.45, 2.75) is 46.2 Å². The van der Waals surface area contributed by atoms with Gasteiger partial charge in [0.05, 0.1) is 25.3 Å². The van der Waals surface area contributed by atoms with E-state index in [2.05, 4.69) is 10.6 Å². The van der Waals surface area contributed by atoms with Gasteiger partial charge < -0.3 is 30.5 Å². The summed E-state index contributed by atoms with van der Waals surface area (Å²) in [5.74, 6) is -1.02. The van der Waals surface area contributed by atoms with Crippen molar-refractivity contribution in [2.24, 2.45) is 0 Å². The number of phenolic OH excluding ortho intramolecular Hbond substituents is 1. The Kier molecular flexibility index (Phi) is 8.22. The number of benzene rings is 2. The third kappa shape index (κ3) is 6.08. The zero-order chi connectivity index (χ0) is 27.5. The highest BCUT2D eigenvalue weighted by atomic mass is 16.5. The molecule has 0 bridgehead atoms. The van der Waals surface area contributed by atoms with E-state index < -0.39 is 11.4 Å². The van der Waals surface area contributed by atoms with Gasteiger partial charge in [0.25, 0.3) is 5.91 Å². The molecule has 2 aromatic rings. The number of carbonyl (C=O) groups excluding carboxylic acids is 2. The number of ether oxygens (including phenoxy) is 1. The van der Waals surface area contributed by atoms with E-state index in [1.807, 2.05) is 27.7 Å². The number of amidine groups is 1. The number of carboxylic acid groups (broad SMARTS) is 1. The van der Waals surface area contributed by atoms with Gasteiger partial charge in [-0.15, -0.1) is 0 Å². The van der Waals surface area contributed by atoms with Crippen molar-refractivity contribution in [3.05, 3.63) is 57.6 Å². The Labute approximate surface area is 216 Å². The molecule has 0 unspecified atom stereocenters. The number of nitrogens with zero attached hydrogens (tertiary/aromatic N) is 1. The van der Waals surface area contributed by atoms with Crippen LogP contribution >= 0.6 is 0 Å². The van der Waals surface area contributed by atoms with Crippen LogP contribution < -0.4 is 15.4 Å². The minimum atomic E-state index is -1.03. The van der Waals surface area contributed by atoms with Crippen LogP contribution in [0.25, 0.3) is 0 Å². The number of hydrogen-bond donors (Lipinski definition) is 5. The lowest BCUT2D eigenvalue weighted by molar-refractivity contribution is -0.136. The number of fused-ring (bicyclic) bond motifs is 1. The van der Waals surface area contributed by atoms with Gasteiger partial charge in [-0.05, 0) is 42.2 Å². The van der Waals surface area contributed by atoms with E-state index in [0.29, 0.717) is 46.7 Å². The summed E-state index contributed by atoms with van der Waals surface area (Å²) >= 11 is 0. The number of aliphatic carboxylic acids is 1. The molecule has 1 aliphatic heterocycles. The second kappa shape index (κ2) is 11.0. The summed E-state index contributed by atoms with van der Waals surface area (Å²) in [6.07, 6.45) is 0. The quantitative estimate of drug-likeness (QED) is 0.306. The van der Waals surface area contributed by atoms with E-state index in [0.717, 1.165) is 5.56 Å². The molecule has 1 aliphatic rings. The topological polar surface area (TPSA) is 152 Å². The molecule has 1 amide bonds. The Bertz CT molecular complexity index is 1250. The number of carboxylic acids is 1. The molecule has 0 aliphatic carbocycles. The SMILES string of the molecule is CCOc1cc2c(cc1C(=O)NC)C(=N)N(CC(=O)c1cc(CNCC(=O)O)c(O)c(C(C)(C)C)c1)C2. The number of carbonyl (C=O) groups is 3. The molecule has 5 N–H and O–H groups in total. The van der Waals surface area contributed by atoms with Gasteiger partial charge in [-0.1, -0.05) is 20.8 Å². The first kappa shape index (κ1) is 27.7. The van der Waals surface area contributed by atoms with Crippen LogP contribution in [0, 0.1) is 5.41 Å². The predicted octanol–water partition coefficient (Wildman–Crippen LogP) is 2.65. The van der Waals surface area contributed by atoms with Gasteiger partial charge in [0.2, 0.25) is 0 Å². The monoisotopic (exact) mass is 510 g/mol. The molecule has 0 aromatic heterocycles. The molecule has 2 aromatic carbocycles. The smallest absolute Gasteiger partial charge is 0.317 e. The highest BCUT2D eigenvalue weighted by Crippen LogP contribution is 2.35. The Morgan fingerprint density at radius 2 is 1.86 bits per heavy atom. The molecule has 0 fully saturated rings. The Hall–Kier alpha value is -3.92. The minimum absolute atomic E-state index is 0.0217. The number of ketones is 1. The van der Waals surface area contributed by atoms with Gasteiger partial charge in [-0.2, -0.15) is 0 Å². The second-order valence-corrected chi connectivity index (χ2v) is 9.92. The third-order valence-electron chi connectivity index (χ3n) is 6.15. The Morgan fingerprint density at radius 1 is 1.16 bits per heavy atom. The summed E-state index contributed by atoms with van der Waals surface area (Å²) in [7, 11) is 1.52. The minimum Gasteiger partial charge on any atom is -0.507 e. The van der Waals surface area contributed by atoms with Crippen molar-refractivity contribution in [2.75, 3.05) is 26.7 Å². The molecule has 37 heavy (non-hydrogen) atoms. The van der Waals surface area contributed by atoms with Gasteiger partial charge >= 0.3 is 5.97 Å². The first-order valence-corrected chi connectivity index (χ1v) is 12.0. The van der Waals surface area contributed by atoms with Crippen LogP contribution in [0.1, 0.15) is 70.7 Å². The molecule has 198 valence electrons. The number of rotatable bonds is 10. The molecule has 0 radical (unpaired) electrons. The number of nitrogens with one attached hydrogen (secondary N) is 3. The van der Waals surface area contributed by atoms with Crippen molar-refractivity contribution in [1.29, 1.82) is 5.41 Å². The number of amides is 1. The van der Waals surface area contributed by atoms with Gasteiger partial charge in [0, 0.05) is 42.4 Å². The predicted molar refractivity (Wildman–Crippen MR) is 139 cm³/mol. The van der Waals surface area contributed by atoms with E-state index in [1.165, 1.54) is 7.05 Å². The fraction of sp³-hybridized carbons (Fsp3) is 0.407. The molecule has 0 atom stereocenters. The number of Topliss-reactive ketones (excluding diaryl/α,β-unsaturated/α-hetero) is 1. The Balaban J connectivity index is 1.89. The molecule has 1 heterocycles. The van der Waals surface area contributed by atoms with E-state index in [1.54, 1.807) is 29.2 Å². The zero-order valence-electron chi connectivity index (χ0n) is 21.8. The van der Waals surface area contributed by atoms with Crippen molar-refractivity contribution < 1.29 is 29.3 Å². The summed E-state index contributed by atoms with van der Waals surface area (Å²) < 4.78 is 5.64. The summed E-state index contributed by atoms with van der Waals surface area (Å²) in [5.41, 5.74) is 2.57. The van der Waals surface area contributed by atoms with Crippen molar-refractivity contribution >= 4 is 23.5 Å². The molecule has 10 heteroatoms. The second-order valence-electron chi connectivity index (χ2n) is 9.92. The fourth-order valence-corrected chi connectivity index (χ4v) is 4.28. The lowest BCUT2D eigenvalue weighted by Gasteiger charge is -2.24. The van der Waals surface area contributed by atoms with Crippen LogP contribution in [0.2, 0.25) is 0 Å². The number of phenols is 1. The normalized spacial score (nSPS) is 12.9. The lowest BCUT2D eigenvalue weighted by Crippen LogP contribution is -2.30. The molecular formula is C27H34N4O6. The lowest BCUT2D eigenvalue weighted by atomic mass is 9.83. The maximum atomic E-state index is 13.4. The average molecular weight is 511 g/mol. The summed E-state index contributed by atoms with van der Waals surface area (Å²) in [4.78, 5) is 38.3. The van der Waals surface area contributed by atoms with E-state index >= 15 is 0 Å². The molecular weight excluding hydrogens is 476 g/mol. The molecule has 0 saturated carbocycles. The average Bonchev–Trinajstić information content (AvgIpc) is 3.12. The Morgan fingerprint density at radius 3 is 2.46 bits per heavy atom. The number of hydrogen-bond acceptors (Lipinski definition) is 7. The molecule has 0 spiro atoms. The van der Waals surface area contributed by atoms with Crippen LogP contribution in [0.3, 0.4) is 0 Å². The van der Waals surface area contributed by atoms with Gasteiger partial charge in [0.1, 0.15) is 17.3 Å². The van der Waals surface area contributed by atoms with Crippen molar-refractivity contribution in [1.82, 2.24) is 15.5 Å². The molecule has 3 rings (SSSR count). The van der Waals surface area contributed by atoms with Crippen LogP contribution in [-0.2, 0) is 23.3 Å². The maximum absolute atomic E-state index is 13.4. The first-order chi connectivity index (χ1) is 17.4. The summed E-state index contributed by atoms with van der Waals surface area (Å²) in [5, 5.41) is 33.7. The largest absolute Gasteiger partial charge is 0.507 e. The van der Waals surface area contributed by atoms with Crippen LogP contribution in [-0.4, -0.2) is 65.4 Å². The van der Waals surface area contributed by atoms with E-state index in [-0.39, 0.29) is 42.9 Å². The van der Waals surface area contributed by atoms with Crippen LogP contribution in [0.15, 0.2) is 24.3 Å². The molecule has 10 nitrogen and oxygen atoms in total. The fourth-order valence-electron chi connectivity index (χ4n) is 4.28. The maximum Gasteiger partial charge on any atom is 0.317 e. The molecule has 0 saturated heterocycles. The third-order valence-corrected chi connectivity index (χ3v) is 6.15. The zero-order valence-corrected chi connectivity index (χ0v) is 21.8. The number of aromatic hydroxyl groups is 1. The van der Waals surface area contributed by atoms with Crippen molar-refractivity contribution in [3.63, 3.8) is 0 Å². The van der Waals surface area contributed by atoms with Gasteiger partial charge in [-0.25, -0.2) is 0 Å². The van der Waals surface area contributed by atoms with Crippen molar-refractivity contribution in [3.8, 4) is 11.5 Å². The first-order valence-electron chi connectivity index (χ1n) is 12.0. The highest BCUT2D eigenvalue weighted by molar-refractivity contribution is 6.07.